The number of anilines is 2. The summed E-state index contributed by atoms with van der Waals surface area (Å²) in [5.74, 6) is -1.09. The van der Waals surface area contributed by atoms with Gasteiger partial charge in [0.2, 0.25) is 0 Å². The molecule has 0 saturated carbocycles. The molecule has 0 spiro atoms. The van der Waals surface area contributed by atoms with Gasteiger partial charge in [0.1, 0.15) is 0 Å². The molecule has 0 radical (unpaired) electrons. The van der Waals surface area contributed by atoms with E-state index >= 15 is 0 Å². The number of hydrogen-bond donors (Lipinski definition) is 0. The van der Waals surface area contributed by atoms with Crippen LogP contribution in [0.15, 0.2) is 71.8 Å². The van der Waals surface area contributed by atoms with Gasteiger partial charge in [-0.2, -0.15) is 23.3 Å². The molecule has 36 heavy (non-hydrogen) atoms. The van der Waals surface area contributed by atoms with E-state index in [1.54, 1.807) is 36.4 Å². The Balaban J connectivity index is 1.49. The monoisotopic (exact) mass is 497 g/mol. The van der Waals surface area contributed by atoms with E-state index in [2.05, 4.69) is 15.3 Å². The van der Waals surface area contributed by atoms with E-state index in [-0.39, 0.29) is 11.4 Å². The molecule has 2 heterocycles. The summed E-state index contributed by atoms with van der Waals surface area (Å²) in [6, 6.07) is 16.0. The minimum atomic E-state index is -4.61. The molecule has 0 bridgehead atoms. The predicted molar refractivity (Wildman–Crippen MR) is 127 cm³/mol. The van der Waals surface area contributed by atoms with E-state index in [0.717, 1.165) is 43.1 Å². The summed E-state index contributed by atoms with van der Waals surface area (Å²) in [5, 5.41) is 12.7. The van der Waals surface area contributed by atoms with Gasteiger partial charge in [-0.1, -0.05) is 36.4 Å². The first-order valence-corrected chi connectivity index (χ1v) is 11.2. The molecule has 0 N–H and O–H groups in total. The second-order valence-electron chi connectivity index (χ2n) is 7.96. The molecule has 186 valence electrons. The fourth-order valence-electron chi connectivity index (χ4n) is 3.56. The summed E-state index contributed by atoms with van der Waals surface area (Å²) in [6.07, 6.45) is -1.17. The van der Waals surface area contributed by atoms with Gasteiger partial charge >= 0.3 is 12.1 Å². The van der Waals surface area contributed by atoms with E-state index in [0.29, 0.717) is 11.4 Å². The van der Waals surface area contributed by atoms with Crippen LogP contribution < -0.4 is 9.91 Å². The number of hydrogen-bond acceptors (Lipinski definition) is 7. The van der Waals surface area contributed by atoms with Crippen molar-refractivity contribution >= 4 is 29.6 Å². The highest BCUT2D eigenvalue weighted by Gasteiger charge is 2.31. The second kappa shape index (κ2) is 11.0. The number of ether oxygens (including phenoxy) is 1. The second-order valence-corrected chi connectivity index (χ2v) is 7.96. The molecular formula is C25H22F3N5O3. The van der Waals surface area contributed by atoms with Gasteiger partial charge in [-0.05, 0) is 48.7 Å². The lowest BCUT2D eigenvalue weighted by molar-refractivity contribution is -0.137. The number of aromatic nitrogens is 2. The van der Waals surface area contributed by atoms with Crippen LogP contribution in [0, 0.1) is 0 Å². The number of esters is 1. The molecule has 1 aliphatic heterocycles. The minimum absolute atomic E-state index is 0.0934. The Morgan fingerprint density at radius 1 is 1.00 bits per heavy atom. The van der Waals surface area contributed by atoms with Crippen molar-refractivity contribution in [3.8, 4) is 0 Å². The van der Waals surface area contributed by atoms with Crippen LogP contribution in [-0.4, -0.2) is 48.0 Å². The van der Waals surface area contributed by atoms with Gasteiger partial charge in [0.15, 0.2) is 18.1 Å². The highest BCUT2D eigenvalue weighted by Crippen LogP contribution is 2.31. The number of rotatable bonds is 7. The predicted octanol–water partition coefficient (Wildman–Crippen LogP) is 4.32. The largest absolute Gasteiger partial charge is 0.451 e. The van der Waals surface area contributed by atoms with E-state index in [1.165, 1.54) is 24.4 Å². The molecule has 11 heteroatoms. The third-order valence-electron chi connectivity index (χ3n) is 5.39. The maximum atomic E-state index is 13.2. The number of nitrogens with zero attached hydrogens (tertiary/aromatic N) is 5. The molecule has 1 fully saturated rings. The van der Waals surface area contributed by atoms with Crippen LogP contribution in [0.25, 0.3) is 0 Å². The molecule has 0 unspecified atom stereocenters. The fraction of sp³-hybridized carbons (Fsp3) is 0.240. The normalized spacial score (nSPS) is 13.7. The SMILES string of the molecule is O=C(OCC(=O)N(/N=C/c1ccccc1)c1cccc(C(F)(F)F)c1)c1ccc(N2CCCC2)nn1. The first-order valence-electron chi connectivity index (χ1n) is 11.2. The minimum Gasteiger partial charge on any atom is -0.451 e. The van der Waals surface area contributed by atoms with Crippen molar-refractivity contribution in [2.75, 3.05) is 29.6 Å². The van der Waals surface area contributed by atoms with E-state index < -0.39 is 30.2 Å². The van der Waals surface area contributed by atoms with Gasteiger partial charge in [0, 0.05) is 13.1 Å². The first kappa shape index (κ1) is 24.8. The first-order chi connectivity index (χ1) is 17.3. The molecule has 1 aromatic heterocycles. The van der Waals surface area contributed by atoms with Gasteiger partial charge in [-0.25, -0.2) is 4.79 Å². The number of hydrazone groups is 1. The number of carbonyl (C=O) groups is 2. The van der Waals surface area contributed by atoms with Crippen molar-refractivity contribution < 1.29 is 27.5 Å². The highest BCUT2D eigenvalue weighted by atomic mass is 19.4. The zero-order valence-electron chi connectivity index (χ0n) is 19.1. The van der Waals surface area contributed by atoms with Crippen molar-refractivity contribution in [2.45, 2.75) is 19.0 Å². The fourth-order valence-corrected chi connectivity index (χ4v) is 3.56. The molecular weight excluding hydrogens is 475 g/mol. The number of carbonyl (C=O) groups excluding carboxylic acids is 2. The summed E-state index contributed by atoms with van der Waals surface area (Å²) in [4.78, 5) is 27.4. The third-order valence-corrected chi connectivity index (χ3v) is 5.39. The number of alkyl halides is 3. The molecule has 1 saturated heterocycles. The van der Waals surface area contributed by atoms with Crippen LogP contribution in [-0.2, 0) is 15.7 Å². The lowest BCUT2D eigenvalue weighted by Gasteiger charge is -2.18. The van der Waals surface area contributed by atoms with Gasteiger partial charge < -0.3 is 9.64 Å². The van der Waals surface area contributed by atoms with Crippen LogP contribution in [0.4, 0.5) is 24.7 Å². The molecule has 1 amide bonds. The van der Waals surface area contributed by atoms with Gasteiger partial charge in [-0.15, -0.1) is 10.2 Å². The Bertz CT molecular complexity index is 1230. The maximum Gasteiger partial charge on any atom is 0.416 e. The molecule has 0 aliphatic carbocycles. The summed E-state index contributed by atoms with van der Waals surface area (Å²) in [7, 11) is 0. The summed E-state index contributed by atoms with van der Waals surface area (Å²) < 4.78 is 44.7. The van der Waals surface area contributed by atoms with Crippen molar-refractivity contribution in [1.29, 1.82) is 0 Å². The molecule has 2 aromatic carbocycles. The van der Waals surface area contributed by atoms with Crippen molar-refractivity contribution in [3.05, 3.63) is 83.6 Å². The Morgan fingerprint density at radius 3 is 2.42 bits per heavy atom. The van der Waals surface area contributed by atoms with Crippen LogP contribution >= 0.6 is 0 Å². The molecule has 3 aromatic rings. The van der Waals surface area contributed by atoms with Gasteiger partial charge in [0.25, 0.3) is 5.91 Å². The number of halogens is 3. The van der Waals surface area contributed by atoms with E-state index in [4.69, 9.17) is 4.74 Å². The third kappa shape index (κ3) is 6.23. The van der Waals surface area contributed by atoms with E-state index in [1.807, 2.05) is 4.90 Å². The lowest BCUT2D eigenvalue weighted by Crippen LogP contribution is -2.31. The van der Waals surface area contributed by atoms with Crippen molar-refractivity contribution in [3.63, 3.8) is 0 Å². The van der Waals surface area contributed by atoms with Gasteiger partial charge in [0.05, 0.1) is 17.5 Å². The Hall–Kier alpha value is -4.28. The Kier molecular flexibility index (Phi) is 7.57. The summed E-state index contributed by atoms with van der Waals surface area (Å²) in [5.41, 5.74) is -0.553. The maximum absolute atomic E-state index is 13.2. The quantitative estimate of drug-likeness (QED) is 0.275. The van der Waals surface area contributed by atoms with E-state index in [9.17, 15) is 22.8 Å². The summed E-state index contributed by atoms with van der Waals surface area (Å²) in [6.45, 7) is 0.959. The zero-order chi connectivity index (χ0) is 25.5. The van der Waals surface area contributed by atoms with Crippen molar-refractivity contribution in [1.82, 2.24) is 10.2 Å². The van der Waals surface area contributed by atoms with Gasteiger partial charge in [-0.3, -0.25) is 4.79 Å². The lowest BCUT2D eigenvalue weighted by atomic mass is 10.2. The zero-order valence-corrected chi connectivity index (χ0v) is 19.1. The highest BCUT2D eigenvalue weighted by molar-refractivity contribution is 5.98. The molecule has 4 rings (SSSR count). The van der Waals surface area contributed by atoms with Crippen LogP contribution in [0.3, 0.4) is 0 Å². The van der Waals surface area contributed by atoms with Crippen molar-refractivity contribution in [2.24, 2.45) is 5.10 Å². The molecule has 8 nitrogen and oxygen atoms in total. The standard InChI is InChI=1S/C25H22F3N5O3/c26-25(27,28)19-9-6-10-20(15-19)33(29-16-18-7-2-1-3-8-18)23(34)17-36-24(35)21-11-12-22(31-30-21)32-13-4-5-14-32/h1-3,6-12,15-16H,4-5,13-14,17H2/b29-16+. The topological polar surface area (TPSA) is 88.0 Å². The molecule has 0 atom stereocenters. The summed E-state index contributed by atoms with van der Waals surface area (Å²) >= 11 is 0. The van der Waals surface area contributed by atoms with Crippen LogP contribution in [0.1, 0.15) is 34.5 Å². The number of amides is 1. The average Bonchev–Trinajstić information content (AvgIpc) is 3.43. The Labute approximate surface area is 205 Å². The molecule has 1 aliphatic rings. The van der Waals surface area contributed by atoms with Crippen LogP contribution in [0.2, 0.25) is 0 Å². The smallest absolute Gasteiger partial charge is 0.416 e. The Morgan fingerprint density at radius 2 is 1.75 bits per heavy atom. The van der Waals surface area contributed by atoms with Crippen LogP contribution in [0.5, 0.6) is 0 Å². The average molecular weight is 497 g/mol. The number of benzene rings is 2.